The number of halogens is 3. The summed E-state index contributed by atoms with van der Waals surface area (Å²) in [7, 11) is 0. The number of rotatable bonds is 2. The average Bonchev–Trinajstić information content (AvgIpc) is 2.86. The van der Waals surface area contributed by atoms with Crippen molar-refractivity contribution < 1.29 is 8.78 Å². The van der Waals surface area contributed by atoms with E-state index in [1.54, 1.807) is 0 Å². The third kappa shape index (κ3) is 2.55. The molecule has 0 spiro atoms. The zero-order valence-corrected chi connectivity index (χ0v) is 11.2. The number of nitrogen functional groups attached to an aromatic ring is 1. The van der Waals surface area contributed by atoms with Gasteiger partial charge in [-0.25, -0.2) is 8.78 Å². The monoisotopic (exact) mass is 307 g/mol. The van der Waals surface area contributed by atoms with Gasteiger partial charge in [0.15, 0.2) is 5.82 Å². The Labute approximate surface area is 123 Å². The van der Waals surface area contributed by atoms with E-state index in [9.17, 15) is 8.78 Å². The van der Waals surface area contributed by atoms with E-state index in [4.69, 9.17) is 17.3 Å². The summed E-state index contributed by atoms with van der Waals surface area (Å²) < 4.78 is 27.8. The second kappa shape index (κ2) is 5.10. The third-order valence-electron chi connectivity index (χ3n) is 2.82. The van der Waals surface area contributed by atoms with E-state index in [0.717, 1.165) is 6.07 Å². The first-order chi connectivity index (χ1) is 10.0. The molecule has 106 valence electrons. The lowest BCUT2D eigenvalue weighted by Gasteiger charge is -2.07. The Hall–Kier alpha value is -2.54. The Bertz CT molecular complexity index is 798. The minimum atomic E-state index is -0.522. The second-order valence-corrected chi connectivity index (χ2v) is 4.71. The maximum Gasteiger partial charge on any atom is 0.189 e. The number of aromatic nitrogens is 4. The maximum atomic E-state index is 13.4. The van der Waals surface area contributed by atoms with Crippen molar-refractivity contribution in [2.45, 2.75) is 0 Å². The molecule has 0 bridgehead atoms. The Morgan fingerprint density at radius 2 is 1.86 bits per heavy atom. The van der Waals surface area contributed by atoms with E-state index < -0.39 is 11.6 Å². The quantitative estimate of drug-likeness (QED) is 0.739. The molecule has 0 fully saturated rings. The van der Waals surface area contributed by atoms with Crippen molar-refractivity contribution in [2.75, 3.05) is 5.73 Å². The van der Waals surface area contributed by atoms with Gasteiger partial charge in [0, 0.05) is 16.3 Å². The summed E-state index contributed by atoms with van der Waals surface area (Å²) in [4.78, 5) is 0. The zero-order chi connectivity index (χ0) is 15.0. The van der Waals surface area contributed by atoms with E-state index in [1.165, 1.54) is 35.0 Å². The number of anilines is 1. The molecule has 0 aliphatic rings. The van der Waals surface area contributed by atoms with Crippen molar-refractivity contribution in [3.63, 3.8) is 0 Å². The van der Waals surface area contributed by atoms with Crippen LogP contribution in [0.25, 0.3) is 17.1 Å². The van der Waals surface area contributed by atoms with Crippen LogP contribution in [0.15, 0.2) is 36.4 Å². The van der Waals surface area contributed by atoms with Crippen LogP contribution in [0.4, 0.5) is 14.5 Å². The van der Waals surface area contributed by atoms with Crippen LogP contribution in [0, 0.1) is 11.6 Å². The van der Waals surface area contributed by atoms with Crippen LogP contribution in [-0.4, -0.2) is 20.2 Å². The maximum absolute atomic E-state index is 13.4. The fraction of sp³-hybridized carbons (Fsp3) is 0. The Kier molecular flexibility index (Phi) is 3.26. The van der Waals surface area contributed by atoms with Gasteiger partial charge in [-0.3, -0.25) is 0 Å². The van der Waals surface area contributed by atoms with Crippen LogP contribution in [0.1, 0.15) is 0 Å². The number of nitrogens with zero attached hydrogens (tertiary/aromatic N) is 4. The molecule has 0 amide bonds. The third-order valence-corrected chi connectivity index (χ3v) is 3.03. The highest BCUT2D eigenvalue weighted by Gasteiger charge is 2.15. The molecule has 0 radical (unpaired) electrons. The summed E-state index contributed by atoms with van der Waals surface area (Å²) in [6, 6.07) is 7.75. The fourth-order valence-corrected chi connectivity index (χ4v) is 2.14. The van der Waals surface area contributed by atoms with Crippen molar-refractivity contribution in [3.8, 4) is 17.1 Å². The molecule has 3 aromatic rings. The van der Waals surface area contributed by atoms with Crippen molar-refractivity contribution in [1.29, 1.82) is 0 Å². The van der Waals surface area contributed by atoms with Gasteiger partial charge in [0.05, 0.1) is 5.69 Å². The lowest BCUT2D eigenvalue weighted by molar-refractivity contribution is 0.625. The second-order valence-electron chi connectivity index (χ2n) is 4.27. The predicted octanol–water partition coefficient (Wildman–Crippen LogP) is 2.84. The molecule has 2 N–H and O–H groups in total. The largest absolute Gasteiger partial charge is 0.398 e. The summed E-state index contributed by atoms with van der Waals surface area (Å²) >= 11 is 5.82. The zero-order valence-electron chi connectivity index (χ0n) is 10.5. The summed E-state index contributed by atoms with van der Waals surface area (Å²) in [5, 5.41) is 11.4. The summed E-state index contributed by atoms with van der Waals surface area (Å²) in [6.45, 7) is 0. The smallest absolute Gasteiger partial charge is 0.189 e. The first-order valence-electron chi connectivity index (χ1n) is 5.85. The molecule has 5 nitrogen and oxygen atoms in total. The van der Waals surface area contributed by atoms with Crippen molar-refractivity contribution in [2.24, 2.45) is 0 Å². The molecule has 1 aromatic heterocycles. The molecule has 0 unspecified atom stereocenters. The molecule has 0 atom stereocenters. The van der Waals surface area contributed by atoms with E-state index >= 15 is 0 Å². The molecular weight excluding hydrogens is 300 g/mol. The van der Waals surface area contributed by atoms with Gasteiger partial charge in [0.25, 0.3) is 0 Å². The summed E-state index contributed by atoms with van der Waals surface area (Å²) in [5.74, 6) is -0.732. The van der Waals surface area contributed by atoms with Gasteiger partial charge in [-0.1, -0.05) is 11.6 Å². The predicted molar refractivity (Wildman–Crippen MR) is 73.9 cm³/mol. The lowest BCUT2D eigenvalue weighted by Crippen LogP contribution is -2.02. The van der Waals surface area contributed by atoms with E-state index in [2.05, 4.69) is 15.5 Å². The summed E-state index contributed by atoms with van der Waals surface area (Å²) in [5.41, 5.74) is 6.71. The highest BCUT2D eigenvalue weighted by atomic mass is 35.5. The highest BCUT2D eigenvalue weighted by Crippen LogP contribution is 2.27. The van der Waals surface area contributed by atoms with Gasteiger partial charge in [0.1, 0.15) is 11.6 Å². The van der Waals surface area contributed by atoms with Crippen molar-refractivity contribution in [1.82, 2.24) is 20.2 Å². The molecular formula is C13H8ClF2N5. The molecule has 3 rings (SSSR count). The van der Waals surface area contributed by atoms with Gasteiger partial charge in [-0.2, -0.15) is 4.68 Å². The normalized spacial score (nSPS) is 10.8. The number of hydrogen-bond acceptors (Lipinski definition) is 4. The minimum Gasteiger partial charge on any atom is -0.398 e. The summed E-state index contributed by atoms with van der Waals surface area (Å²) in [6.07, 6.45) is 0. The molecule has 1 heterocycles. The topological polar surface area (TPSA) is 69.6 Å². The number of nitrogens with two attached hydrogens (primary N) is 1. The molecule has 8 heteroatoms. The Balaban J connectivity index is 2.17. The molecule has 0 saturated carbocycles. The van der Waals surface area contributed by atoms with Crippen LogP contribution < -0.4 is 5.73 Å². The molecule has 2 aromatic carbocycles. The van der Waals surface area contributed by atoms with Gasteiger partial charge in [-0.05, 0) is 46.8 Å². The fourth-order valence-electron chi connectivity index (χ4n) is 1.93. The van der Waals surface area contributed by atoms with Crippen LogP contribution >= 0.6 is 11.6 Å². The van der Waals surface area contributed by atoms with E-state index in [0.29, 0.717) is 11.3 Å². The lowest BCUT2D eigenvalue weighted by atomic mass is 10.1. The Morgan fingerprint density at radius 3 is 2.57 bits per heavy atom. The standard InChI is InChI=1S/C13H8ClF2N5/c14-7-3-9(16)5-10(4-7)21-13(18-19-20-21)11-2-1-8(15)6-12(11)17/h1-6H,17H2. The van der Waals surface area contributed by atoms with E-state index in [-0.39, 0.29) is 16.5 Å². The van der Waals surface area contributed by atoms with Crippen LogP contribution in [0.2, 0.25) is 5.02 Å². The molecule has 21 heavy (non-hydrogen) atoms. The number of hydrogen-bond donors (Lipinski definition) is 1. The van der Waals surface area contributed by atoms with Gasteiger partial charge >= 0.3 is 0 Å². The first kappa shape index (κ1) is 13.4. The molecule has 0 saturated heterocycles. The van der Waals surface area contributed by atoms with Crippen LogP contribution in [0.3, 0.4) is 0 Å². The number of benzene rings is 2. The van der Waals surface area contributed by atoms with Crippen molar-refractivity contribution in [3.05, 3.63) is 53.1 Å². The van der Waals surface area contributed by atoms with E-state index in [1.807, 2.05) is 0 Å². The van der Waals surface area contributed by atoms with Crippen LogP contribution in [0.5, 0.6) is 0 Å². The minimum absolute atomic E-state index is 0.175. The highest BCUT2D eigenvalue weighted by molar-refractivity contribution is 6.30. The van der Waals surface area contributed by atoms with Gasteiger partial charge in [0.2, 0.25) is 0 Å². The molecule has 0 aliphatic heterocycles. The SMILES string of the molecule is Nc1cc(F)ccc1-c1nnnn1-c1cc(F)cc(Cl)c1. The molecule has 0 aliphatic carbocycles. The van der Waals surface area contributed by atoms with Crippen molar-refractivity contribution >= 4 is 17.3 Å². The Morgan fingerprint density at radius 1 is 1.05 bits per heavy atom. The van der Waals surface area contributed by atoms with Crippen LogP contribution in [-0.2, 0) is 0 Å². The average molecular weight is 308 g/mol. The number of tetrazole rings is 1. The van der Waals surface area contributed by atoms with Gasteiger partial charge in [-0.15, -0.1) is 5.10 Å². The van der Waals surface area contributed by atoms with Gasteiger partial charge < -0.3 is 5.73 Å². The first-order valence-corrected chi connectivity index (χ1v) is 6.22.